The molecule has 0 aliphatic heterocycles. The van der Waals surface area contributed by atoms with Gasteiger partial charge in [-0.3, -0.25) is 0 Å². The number of furan rings is 1. The summed E-state index contributed by atoms with van der Waals surface area (Å²) in [6.45, 7) is 1.70. The van der Waals surface area contributed by atoms with Crippen LogP contribution >= 0.6 is 0 Å². The lowest BCUT2D eigenvalue weighted by Crippen LogP contribution is -2.27. The summed E-state index contributed by atoms with van der Waals surface area (Å²) in [6.07, 6.45) is 1.14. The van der Waals surface area contributed by atoms with Gasteiger partial charge >= 0.3 is 5.63 Å². The van der Waals surface area contributed by atoms with Crippen LogP contribution in [0.3, 0.4) is 0 Å². The second kappa shape index (κ2) is 6.32. The summed E-state index contributed by atoms with van der Waals surface area (Å²) in [5.41, 5.74) is 2.66. The van der Waals surface area contributed by atoms with Gasteiger partial charge < -0.3 is 23.5 Å². The van der Waals surface area contributed by atoms with E-state index in [4.69, 9.17) is 13.6 Å². The molecule has 0 radical (unpaired) electrons. The quantitative estimate of drug-likeness (QED) is 0.518. The van der Waals surface area contributed by atoms with Crippen molar-refractivity contribution in [1.29, 1.82) is 0 Å². The first-order chi connectivity index (χ1) is 13.0. The van der Waals surface area contributed by atoms with Crippen molar-refractivity contribution in [2.75, 3.05) is 7.11 Å². The van der Waals surface area contributed by atoms with Crippen LogP contribution in [0.1, 0.15) is 11.1 Å². The van der Waals surface area contributed by atoms with E-state index in [1.54, 1.807) is 26.4 Å². The minimum absolute atomic E-state index is 0.0910. The summed E-state index contributed by atoms with van der Waals surface area (Å²) in [4.78, 5) is 23.1. The van der Waals surface area contributed by atoms with Crippen LogP contribution in [0.2, 0.25) is 0 Å². The van der Waals surface area contributed by atoms with E-state index in [-0.39, 0.29) is 5.56 Å². The molecule has 4 rings (SSSR count). The number of carbonyl (C=O) groups is 1. The molecule has 6 nitrogen and oxygen atoms in total. The number of aryl methyl sites for hydroxylation is 1. The standard InChI is InChI=1S/C21H16O6/c1-11-14-7-16-17(12-4-3-5-13(6-12)25-2)10-26-18(16)9-19(14)27-21(24)15(11)8-20(22)23/h3-7,9-10H,8H2,1-2H3,(H,22,23)/p-1. The Labute approximate surface area is 153 Å². The number of aliphatic carboxylic acids is 1. The molecule has 0 saturated heterocycles. The minimum Gasteiger partial charge on any atom is -0.550 e. The molecule has 4 aromatic rings. The van der Waals surface area contributed by atoms with Gasteiger partial charge in [-0.2, -0.15) is 0 Å². The topological polar surface area (TPSA) is 92.7 Å². The Bertz CT molecular complexity index is 1240. The molecule has 0 N–H and O–H groups in total. The lowest BCUT2D eigenvalue weighted by molar-refractivity contribution is -0.304. The van der Waals surface area contributed by atoms with Gasteiger partial charge in [0, 0.05) is 40.4 Å². The Hall–Kier alpha value is -3.54. The van der Waals surface area contributed by atoms with E-state index in [9.17, 15) is 14.7 Å². The third-order valence-corrected chi connectivity index (χ3v) is 4.68. The number of carboxylic acids is 1. The molecule has 0 unspecified atom stereocenters. The maximum Gasteiger partial charge on any atom is 0.340 e. The number of hydrogen-bond donors (Lipinski definition) is 0. The van der Waals surface area contributed by atoms with Gasteiger partial charge in [-0.15, -0.1) is 0 Å². The number of benzene rings is 2. The zero-order valence-electron chi connectivity index (χ0n) is 14.7. The second-order valence-corrected chi connectivity index (χ2v) is 6.27. The fraction of sp³-hybridized carbons (Fsp3) is 0.143. The van der Waals surface area contributed by atoms with E-state index < -0.39 is 18.0 Å². The smallest absolute Gasteiger partial charge is 0.340 e. The van der Waals surface area contributed by atoms with Crippen molar-refractivity contribution in [3.63, 3.8) is 0 Å². The van der Waals surface area contributed by atoms with Crippen LogP contribution in [0.25, 0.3) is 33.1 Å². The predicted molar refractivity (Wildman–Crippen MR) is 97.7 cm³/mol. The Morgan fingerprint density at radius 3 is 2.70 bits per heavy atom. The Morgan fingerprint density at radius 1 is 1.15 bits per heavy atom. The average molecular weight is 363 g/mol. The molecule has 0 fully saturated rings. The minimum atomic E-state index is -1.33. The highest BCUT2D eigenvalue weighted by Gasteiger charge is 2.16. The van der Waals surface area contributed by atoms with Gasteiger partial charge in [0.15, 0.2) is 0 Å². The lowest BCUT2D eigenvalue weighted by Gasteiger charge is -2.09. The van der Waals surface area contributed by atoms with Crippen molar-refractivity contribution < 1.29 is 23.5 Å². The van der Waals surface area contributed by atoms with Gasteiger partial charge in [0.1, 0.15) is 16.9 Å². The summed E-state index contributed by atoms with van der Waals surface area (Å²) in [5, 5.41) is 12.4. The largest absolute Gasteiger partial charge is 0.550 e. The Morgan fingerprint density at radius 2 is 1.96 bits per heavy atom. The number of ether oxygens (including phenoxy) is 1. The molecule has 0 aliphatic rings. The van der Waals surface area contributed by atoms with Crippen molar-refractivity contribution >= 4 is 27.9 Å². The van der Waals surface area contributed by atoms with E-state index in [0.717, 1.165) is 22.3 Å². The predicted octanol–water partition coefficient (Wildman–Crippen LogP) is 2.82. The fourth-order valence-corrected chi connectivity index (χ4v) is 3.27. The third-order valence-electron chi connectivity index (χ3n) is 4.68. The van der Waals surface area contributed by atoms with Crippen LogP contribution in [0.4, 0.5) is 0 Å². The second-order valence-electron chi connectivity index (χ2n) is 6.27. The maximum absolute atomic E-state index is 12.1. The summed E-state index contributed by atoms with van der Waals surface area (Å²) < 4.78 is 16.2. The first-order valence-corrected chi connectivity index (χ1v) is 8.29. The summed E-state index contributed by atoms with van der Waals surface area (Å²) in [7, 11) is 1.60. The molecule has 2 heterocycles. The Kier molecular flexibility index (Phi) is 3.96. The van der Waals surface area contributed by atoms with Crippen LogP contribution in [0.5, 0.6) is 5.75 Å². The maximum atomic E-state index is 12.1. The van der Waals surface area contributed by atoms with Crippen LogP contribution in [-0.2, 0) is 11.2 Å². The fourth-order valence-electron chi connectivity index (χ4n) is 3.27. The zero-order chi connectivity index (χ0) is 19.1. The third kappa shape index (κ3) is 2.85. The molecule has 0 aliphatic carbocycles. The van der Waals surface area contributed by atoms with Crippen molar-refractivity contribution in [1.82, 2.24) is 0 Å². The van der Waals surface area contributed by atoms with Gasteiger partial charge in [-0.05, 0) is 36.2 Å². The van der Waals surface area contributed by atoms with Crippen molar-refractivity contribution in [3.05, 3.63) is 64.2 Å². The van der Waals surface area contributed by atoms with E-state index in [1.165, 1.54) is 0 Å². The van der Waals surface area contributed by atoms with Gasteiger partial charge in [0.05, 0.1) is 13.4 Å². The van der Waals surface area contributed by atoms with Gasteiger partial charge in [0.25, 0.3) is 0 Å². The number of carbonyl (C=O) groups excluding carboxylic acids is 1. The molecule has 2 aromatic heterocycles. The Balaban J connectivity index is 1.98. The van der Waals surface area contributed by atoms with E-state index in [1.807, 2.05) is 30.3 Å². The number of hydrogen-bond acceptors (Lipinski definition) is 6. The molecule has 0 spiro atoms. The summed E-state index contributed by atoms with van der Waals surface area (Å²) in [5.74, 6) is -0.604. The molecule has 136 valence electrons. The zero-order valence-corrected chi connectivity index (χ0v) is 14.7. The first kappa shape index (κ1) is 16.9. The van der Waals surface area contributed by atoms with Crippen molar-refractivity contribution in [2.45, 2.75) is 13.3 Å². The summed E-state index contributed by atoms with van der Waals surface area (Å²) in [6, 6.07) is 11.1. The number of fused-ring (bicyclic) bond motifs is 2. The highest BCUT2D eigenvalue weighted by molar-refractivity contribution is 6.02. The van der Waals surface area contributed by atoms with Crippen molar-refractivity contribution in [2.24, 2.45) is 0 Å². The SMILES string of the molecule is COc1cccc(-c2coc3cc4oc(=O)c(CC(=O)[O-])c(C)c4cc23)c1. The van der Waals surface area contributed by atoms with E-state index >= 15 is 0 Å². The van der Waals surface area contributed by atoms with Gasteiger partial charge in [0.2, 0.25) is 0 Å². The van der Waals surface area contributed by atoms with Crippen LogP contribution in [0.15, 0.2) is 56.3 Å². The van der Waals surface area contributed by atoms with Gasteiger partial charge in [-0.1, -0.05) is 12.1 Å². The highest BCUT2D eigenvalue weighted by atomic mass is 16.5. The molecule has 6 heteroatoms. The molecule has 0 amide bonds. The molecule has 0 atom stereocenters. The summed E-state index contributed by atoms with van der Waals surface area (Å²) >= 11 is 0. The van der Waals surface area contributed by atoms with Crippen LogP contribution in [-0.4, -0.2) is 13.1 Å². The molecule has 0 saturated carbocycles. The van der Waals surface area contributed by atoms with Crippen LogP contribution in [0, 0.1) is 6.92 Å². The van der Waals surface area contributed by atoms with Gasteiger partial charge in [-0.25, -0.2) is 4.79 Å². The monoisotopic (exact) mass is 363 g/mol. The molecular formula is C21H15O6-. The normalized spacial score (nSPS) is 11.2. The van der Waals surface area contributed by atoms with E-state index in [2.05, 4.69) is 0 Å². The first-order valence-electron chi connectivity index (χ1n) is 8.29. The number of methoxy groups -OCH3 is 1. The van der Waals surface area contributed by atoms with Crippen LogP contribution < -0.4 is 15.5 Å². The molecule has 0 bridgehead atoms. The highest BCUT2D eigenvalue weighted by Crippen LogP contribution is 2.35. The molecular weight excluding hydrogens is 348 g/mol. The lowest BCUT2D eigenvalue weighted by atomic mass is 9.99. The number of carboxylic acid groups (broad SMARTS) is 1. The average Bonchev–Trinajstić information content (AvgIpc) is 3.06. The molecule has 2 aromatic carbocycles. The van der Waals surface area contributed by atoms with Crippen molar-refractivity contribution in [3.8, 4) is 16.9 Å². The molecule has 27 heavy (non-hydrogen) atoms. The van der Waals surface area contributed by atoms with E-state index in [0.29, 0.717) is 22.1 Å². The number of rotatable bonds is 4.